The number of rotatable bonds is 4. The van der Waals surface area contributed by atoms with Crippen molar-refractivity contribution in [3.63, 3.8) is 0 Å². The summed E-state index contributed by atoms with van der Waals surface area (Å²) in [5, 5.41) is 12.2. The Morgan fingerprint density at radius 2 is 1.86 bits per heavy atom. The molecule has 0 saturated heterocycles. The van der Waals surface area contributed by atoms with E-state index in [4.69, 9.17) is 0 Å². The van der Waals surface area contributed by atoms with E-state index in [9.17, 15) is 10.1 Å². The number of nitro benzene ring substituents is 1. The van der Waals surface area contributed by atoms with Gasteiger partial charge in [0, 0.05) is 18.2 Å². The van der Waals surface area contributed by atoms with E-state index in [0.717, 1.165) is 11.6 Å². The van der Waals surface area contributed by atoms with Crippen LogP contribution in [-0.2, 0) is 6.54 Å². The third kappa shape index (κ3) is 2.63. The molecular formula is C17H15N2O2S+. The predicted octanol–water partition coefficient (Wildman–Crippen LogP) is 4.29. The van der Waals surface area contributed by atoms with Crippen LogP contribution in [0.3, 0.4) is 0 Å². The standard InChI is InChI=1S/C17H15N2O2S/c1-2-18-15-9-5-6-10-16(15)22-17(18)12-11-13-7-3-4-8-14(13)19(20)21/h3-12H,2H2,1H3/q+1. The van der Waals surface area contributed by atoms with Gasteiger partial charge in [0.2, 0.25) is 5.52 Å². The van der Waals surface area contributed by atoms with Gasteiger partial charge in [-0.25, -0.2) is 0 Å². The fourth-order valence-electron chi connectivity index (χ4n) is 2.46. The van der Waals surface area contributed by atoms with Crippen LogP contribution in [-0.4, -0.2) is 4.92 Å². The summed E-state index contributed by atoms with van der Waals surface area (Å²) in [5.41, 5.74) is 1.94. The summed E-state index contributed by atoms with van der Waals surface area (Å²) in [7, 11) is 0. The van der Waals surface area contributed by atoms with Gasteiger partial charge in [0.1, 0.15) is 11.2 Å². The van der Waals surface area contributed by atoms with Crippen molar-refractivity contribution in [3.8, 4) is 0 Å². The molecule has 1 aromatic heterocycles. The highest BCUT2D eigenvalue weighted by molar-refractivity contribution is 7.18. The largest absolute Gasteiger partial charge is 0.276 e. The highest BCUT2D eigenvalue weighted by Crippen LogP contribution is 2.24. The number of nitrogens with zero attached hydrogens (tertiary/aromatic N) is 2. The van der Waals surface area contributed by atoms with Crippen molar-refractivity contribution >= 4 is 39.4 Å². The van der Waals surface area contributed by atoms with Gasteiger partial charge in [-0.15, -0.1) is 0 Å². The number of nitro groups is 1. The molecule has 2 aromatic carbocycles. The Bertz CT molecular complexity index is 868. The van der Waals surface area contributed by atoms with Crippen LogP contribution in [0.4, 0.5) is 5.69 Å². The number of aromatic nitrogens is 1. The zero-order valence-electron chi connectivity index (χ0n) is 12.1. The molecule has 0 spiro atoms. The minimum Gasteiger partial charge on any atom is -0.258 e. The molecule has 0 aliphatic rings. The smallest absolute Gasteiger partial charge is 0.258 e. The normalized spacial score (nSPS) is 11.3. The van der Waals surface area contributed by atoms with Crippen molar-refractivity contribution in [1.29, 1.82) is 0 Å². The van der Waals surface area contributed by atoms with Crippen molar-refractivity contribution < 1.29 is 9.49 Å². The van der Waals surface area contributed by atoms with E-state index in [1.807, 2.05) is 30.4 Å². The van der Waals surface area contributed by atoms with Gasteiger partial charge in [-0.2, -0.15) is 4.57 Å². The molecule has 0 unspecified atom stereocenters. The van der Waals surface area contributed by atoms with Gasteiger partial charge < -0.3 is 0 Å². The van der Waals surface area contributed by atoms with Gasteiger partial charge in [-0.1, -0.05) is 35.6 Å². The van der Waals surface area contributed by atoms with E-state index in [2.05, 4.69) is 23.6 Å². The van der Waals surface area contributed by atoms with Crippen molar-refractivity contribution in [3.05, 3.63) is 69.2 Å². The minimum atomic E-state index is -0.349. The summed E-state index contributed by atoms with van der Waals surface area (Å²) in [6.45, 7) is 2.96. The van der Waals surface area contributed by atoms with Gasteiger partial charge in [-0.3, -0.25) is 10.1 Å². The quantitative estimate of drug-likeness (QED) is 0.410. The average Bonchev–Trinajstić information content (AvgIpc) is 2.90. The molecule has 5 heteroatoms. The molecule has 0 radical (unpaired) electrons. The van der Waals surface area contributed by atoms with Crippen LogP contribution in [0.15, 0.2) is 48.5 Å². The highest BCUT2D eigenvalue weighted by Gasteiger charge is 2.16. The van der Waals surface area contributed by atoms with E-state index in [0.29, 0.717) is 5.56 Å². The highest BCUT2D eigenvalue weighted by atomic mass is 32.1. The number of thiazole rings is 1. The molecule has 3 rings (SSSR count). The molecule has 0 amide bonds. The molecule has 110 valence electrons. The third-order valence-corrected chi connectivity index (χ3v) is 4.62. The first kappa shape index (κ1) is 14.4. The topological polar surface area (TPSA) is 47.0 Å². The zero-order chi connectivity index (χ0) is 15.5. The van der Waals surface area contributed by atoms with E-state index in [1.54, 1.807) is 23.5 Å². The number of benzene rings is 2. The van der Waals surface area contributed by atoms with E-state index in [-0.39, 0.29) is 10.6 Å². The molecule has 4 nitrogen and oxygen atoms in total. The lowest BCUT2D eigenvalue weighted by molar-refractivity contribution is -0.665. The Hall–Kier alpha value is -2.53. The van der Waals surface area contributed by atoms with Crippen molar-refractivity contribution in [2.24, 2.45) is 0 Å². The Balaban J connectivity index is 2.05. The Morgan fingerprint density at radius 1 is 1.14 bits per heavy atom. The Labute approximate surface area is 132 Å². The van der Waals surface area contributed by atoms with Gasteiger partial charge in [0.25, 0.3) is 10.7 Å². The van der Waals surface area contributed by atoms with E-state index < -0.39 is 0 Å². The van der Waals surface area contributed by atoms with Crippen LogP contribution < -0.4 is 4.57 Å². The Kier molecular flexibility index (Phi) is 3.98. The van der Waals surface area contributed by atoms with Crippen molar-refractivity contribution in [2.75, 3.05) is 0 Å². The van der Waals surface area contributed by atoms with Crippen molar-refractivity contribution in [1.82, 2.24) is 0 Å². The second-order valence-corrected chi connectivity index (χ2v) is 5.86. The lowest BCUT2D eigenvalue weighted by atomic mass is 10.1. The summed E-state index contributed by atoms with van der Waals surface area (Å²) in [4.78, 5) is 10.7. The molecule has 0 aliphatic heterocycles. The molecule has 0 fully saturated rings. The first-order valence-electron chi connectivity index (χ1n) is 7.03. The average molecular weight is 311 g/mol. The van der Waals surface area contributed by atoms with Gasteiger partial charge in [0.05, 0.1) is 10.5 Å². The molecular weight excluding hydrogens is 296 g/mol. The second kappa shape index (κ2) is 6.07. The maximum absolute atomic E-state index is 11.1. The molecule has 1 heterocycles. The molecule has 0 aliphatic carbocycles. The van der Waals surface area contributed by atoms with Crippen LogP contribution in [0.5, 0.6) is 0 Å². The molecule has 0 bridgehead atoms. The SMILES string of the molecule is CC[n+]1c(C=Cc2ccccc2[N+](=O)[O-])sc2ccccc21. The maximum atomic E-state index is 11.1. The summed E-state index contributed by atoms with van der Waals surface area (Å²) in [6.07, 6.45) is 3.77. The first-order valence-corrected chi connectivity index (χ1v) is 7.85. The first-order chi connectivity index (χ1) is 10.7. The lowest BCUT2D eigenvalue weighted by Gasteiger charge is -1.95. The predicted molar refractivity (Wildman–Crippen MR) is 89.7 cm³/mol. The summed E-state index contributed by atoms with van der Waals surface area (Å²) in [6, 6.07) is 15.0. The van der Waals surface area contributed by atoms with Crippen LogP contribution in [0.25, 0.3) is 22.4 Å². The van der Waals surface area contributed by atoms with Crippen LogP contribution >= 0.6 is 11.3 Å². The van der Waals surface area contributed by atoms with Gasteiger partial charge >= 0.3 is 0 Å². The molecule has 0 saturated carbocycles. The van der Waals surface area contributed by atoms with Gasteiger partial charge in [-0.05, 0) is 25.1 Å². The van der Waals surface area contributed by atoms with E-state index in [1.165, 1.54) is 16.3 Å². The lowest BCUT2D eigenvalue weighted by Crippen LogP contribution is -2.33. The van der Waals surface area contributed by atoms with Crippen LogP contribution in [0, 0.1) is 10.1 Å². The number of aryl methyl sites for hydroxylation is 1. The monoisotopic (exact) mass is 311 g/mol. The van der Waals surface area contributed by atoms with E-state index >= 15 is 0 Å². The minimum absolute atomic E-state index is 0.128. The fraction of sp³-hybridized carbons (Fsp3) is 0.118. The number of hydrogen-bond donors (Lipinski definition) is 0. The number of fused-ring (bicyclic) bond motifs is 1. The number of hydrogen-bond acceptors (Lipinski definition) is 3. The fourth-order valence-corrected chi connectivity index (χ4v) is 3.59. The summed E-state index contributed by atoms with van der Waals surface area (Å²) >= 11 is 1.69. The summed E-state index contributed by atoms with van der Waals surface area (Å²) < 4.78 is 3.43. The molecule has 22 heavy (non-hydrogen) atoms. The molecule has 3 aromatic rings. The zero-order valence-corrected chi connectivity index (χ0v) is 12.9. The summed E-state index contributed by atoms with van der Waals surface area (Å²) in [5.74, 6) is 0. The number of para-hydroxylation sites is 2. The van der Waals surface area contributed by atoms with Gasteiger partial charge in [0.15, 0.2) is 0 Å². The maximum Gasteiger partial charge on any atom is 0.276 e. The molecule has 0 atom stereocenters. The van der Waals surface area contributed by atoms with Crippen LogP contribution in [0.2, 0.25) is 0 Å². The van der Waals surface area contributed by atoms with Crippen LogP contribution in [0.1, 0.15) is 17.5 Å². The van der Waals surface area contributed by atoms with Crippen molar-refractivity contribution in [2.45, 2.75) is 13.5 Å². The second-order valence-electron chi connectivity index (χ2n) is 4.80. The Morgan fingerprint density at radius 3 is 2.64 bits per heavy atom. The molecule has 0 N–H and O–H groups in total. The third-order valence-electron chi connectivity index (χ3n) is 3.49.